The molecule has 6 aromatic rings. The van der Waals surface area contributed by atoms with Crippen molar-refractivity contribution in [3.8, 4) is 44.9 Å². The summed E-state index contributed by atoms with van der Waals surface area (Å²) in [6.07, 6.45) is 0. The van der Waals surface area contributed by atoms with Crippen LogP contribution >= 0.6 is 0 Å². The maximum atomic E-state index is 6.29. The first-order valence-electron chi connectivity index (χ1n) is 12.9. The molecule has 8 rings (SSSR count). The molecule has 37 heavy (non-hydrogen) atoms. The van der Waals surface area contributed by atoms with Crippen molar-refractivity contribution in [3.63, 3.8) is 0 Å². The van der Waals surface area contributed by atoms with Crippen LogP contribution < -0.4 is 4.74 Å². The average Bonchev–Trinajstić information content (AvgIpc) is 3.23. The third-order valence-corrected chi connectivity index (χ3v) is 8.34. The van der Waals surface area contributed by atoms with E-state index in [0.29, 0.717) is 0 Å². The lowest BCUT2D eigenvalue weighted by molar-refractivity contribution is 0.487. The van der Waals surface area contributed by atoms with Crippen LogP contribution in [0.1, 0.15) is 23.6 Å². The van der Waals surface area contributed by atoms with E-state index in [1.54, 1.807) is 0 Å². The molecule has 1 heterocycles. The van der Waals surface area contributed by atoms with Gasteiger partial charge < -0.3 is 4.74 Å². The Morgan fingerprint density at radius 1 is 0.514 bits per heavy atom. The second-order valence-corrected chi connectivity index (χ2v) is 10.2. The van der Waals surface area contributed by atoms with Crippen molar-refractivity contribution < 1.29 is 4.74 Å². The van der Waals surface area contributed by atoms with E-state index in [0.717, 1.165) is 17.1 Å². The third-order valence-electron chi connectivity index (χ3n) is 8.34. The van der Waals surface area contributed by atoms with Gasteiger partial charge in [0.1, 0.15) is 11.5 Å². The SMILES string of the molecule is CC1(c2ccccc2)c2ccccc2-c2c(-c3cc4c5c(cccc5c3)Oc3ccccc3-4)cccc21. The summed E-state index contributed by atoms with van der Waals surface area (Å²) >= 11 is 0. The second kappa shape index (κ2) is 7.44. The van der Waals surface area contributed by atoms with Gasteiger partial charge in [-0.1, -0.05) is 103 Å². The summed E-state index contributed by atoms with van der Waals surface area (Å²) in [6.45, 7) is 2.38. The lowest BCUT2D eigenvalue weighted by Crippen LogP contribution is -2.22. The molecule has 2 aliphatic rings. The number of hydrogen-bond acceptors (Lipinski definition) is 1. The van der Waals surface area contributed by atoms with Gasteiger partial charge in [0, 0.05) is 16.4 Å². The van der Waals surface area contributed by atoms with Crippen LogP contribution in [0.2, 0.25) is 0 Å². The summed E-state index contributed by atoms with van der Waals surface area (Å²) in [7, 11) is 0. The summed E-state index contributed by atoms with van der Waals surface area (Å²) in [5.41, 5.74) is 11.4. The number of benzene rings is 6. The van der Waals surface area contributed by atoms with Gasteiger partial charge in [-0.2, -0.15) is 0 Å². The smallest absolute Gasteiger partial charge is 0.135 e. The lowest BCUT2D eigenvalue weighted by Gasteiger charge is -2.28. The fraction of sp³-hybridized carbons (Fsp3) is 0.0556. The van der Waals surface area contributed by atoms with Gasteiger partial charge in [-0.15, -0.1) is 0 Å². The number of para-hydroxylation sites is 1. The molecule has 1 aliphatic heterocycles. The van der Waals surface area contributed by atoms with Crippen molar-refractivity contribution in [3.05, 3.63) is 144 Å². The zero-order valence-corrected chi connectivity index (χ0v) is 20.5. The Balaban J connectivity index is 1.44. The number of rotatable bonds is 2. The minimum absolute atomic E-state index is 0.206. The fourth-order valence-corrected chi connectivity index (χ4v) is 6.61. The Morgan fingerprint density at radius 2 is 1.19 bits per heavy atom. The molecule has 0 radical (unpaired) electrons. The first-order chi connectivity index (χ1) is 18.2. The number of fused-ring (bicyclic) bond motifs is 5. The molecular formula is C36H24O. The van der Waals surface area contributed by atoms with Gasteiger partial charge in [-0.3, -0.25) is 0 Å². The lowest BCUT2D eigenvalue weighted by atomic mass is 9.74. The largest absolute Gasteiger partial charge is 0.456 e. The van der Waals surface area contributed by atoms with Crippen LogP contribution in [0, 0.1) is 0 Å². The summed E-state index contributed by atoms with van der Waals surface area (Å²) in [5.74, 6) is 1.85. The molecule has 1 nitrogen and oxygen atoms in total. The van der Waals surface area contributed by atoms with Gasteiger partial charge in [0.15, 0.2) is 0 Å². The highest BCUT2D eigenvalue weighted by Crippen LogP contribution is 2.56. The standard InChI is InChI=1S/C36H24O/c1-36(25-12-3-2-4-13-25)30-17-7-5-15-28(30)35-26(16-10-18-31(35)36)24-21-23-11-9-20-33-34(23)29(22-24)27-14-6-8-19-32(27)37-33/h2-22H,1H3. The van der Waals surface area contributed by atoms with Crippen LogP contribution in [0.5, 0.6) is 11.5 Å². The Labute approximate surface area is 216 Å². The molecule has 0 fully saturated rings. The normalized spacial score (nSPS) is 16.6. The minimum atomic E-state index is -0.206. The van der Waals surface area contributed by atoms with E-state index in [4.69, 9.17) is 4.74 Å². The first-order valence-corrected chi connectivity index (χ1v) is 12.9. The summed E-state index contributed by atoms with van der Waals surface area (Å²) < 4.78 is 6.29. The molecule has 1 heteroatoms. The maximum absolute atomic E-state index is 6.29. The van der Waals surface area contributed by atoms with Crippen LogP contribution in [-0.4, -0.2) is 0 Å². The Morgan fingerprint density at radius 3 is 2.08 bits per heavy atom. The van der Waals surface area contributed by atoms with Crippen LogP contribution in [0.25, 0.3) is 44.2 Å². The van der Waals surface area contributed by atoms with E-state index in [2.05, 4.69) is 128 Å². The first kappa shape index (κ1) is 20.6. The minimum Gasteiger partial charge on any atom is -0.456 e. The van der Waals surface area contributed by atoms with Crippen LogP contribution in [0.15, 0.2) is 127 Å². The van der Waals surface area contributed by atoms with Crippen molar-refractivity contribution >= 4 is 10.8 Å². The van der Waals surface area contributed by atoms with Crippen LogP contribution in [0.3, 0.4) is 0 Å². The zero-order chi connectivity index (χ0) is 24.6. The van der Waals surface area contributed by atoms with E-state index in [1.165, 1.54) is 55.3 Å². The predicted octanol–water partition coefficient (Wildman–Crippen LogP) is 9.61. The second-order valence-electron chi connectivity index (χ2n) is 10.2. The maximum Gasteiger partial charge on any atom is 0.135 e. The van der Waals surface area contributed by atoms with Gasteiger partial charge in [-0.25, -0.2) is 0 Å². The van der Waals surface area contributed by atoms with Crippen LogP contribution in [0.4, 0.5) is 0 Å². The summed E-state index contributed by atoms with van der Waals surface area (Å²) in [4.78, 5) is 0. The molecule has 0 spiro atoms. The Bertz CT molecular complexity index is 1860. The van der Waals surface area contributed by atoms with E-state index in [1.807, 2.05) is 6.07 Å². The topological polar surface area (TPSA) is 9.23 Å². The average molecular weight is 473 g/mol. The predicted molar refractivity (Wildman–Crippen MR) is 152 cm³/mol. The van der Waals surface area contributed by atoms with Crippen molar-refractivity contribution in [2.24, 2.45) is 0 Å². The fourth-order valence-electron chi connectivity index (χ4n) is 6.61. The number of hydrogen-bond donors (Lipinski definition) is 0. The number of ether oxygens (including phenoxy) is 1. The Kier molecular flexibility index (Phi) is 4.14. The Hall–Kier alpha value is -4.62. The van der Waals surface area contributed by atoms with Gasteiger partial charge >= 0.3 is 0 Å². The monoisotopic (exact) mass is 472 g/mol. The van der Waals surface area contributed by atoms with Gasteiger partial charge in [0.25, 0.3) is 0 Å². The molecule has 0 bridgehead atoms. The van der Waals surface area contributed by atoms with Gasteiger partial charge in [0.2, 0.25) is 0 Å². The molecule has 1 unspecified atom stereocenters. The van der Waals surface area contributed by atoms with Crippen LogP contribution in [-0.2, 0) is 5.41 Å². The quantitative estimate of drug-likeness (QED) is 0.243. The highest BCUT2D eigenvalue weighted by atomic mass is 16.5. The van der Waals surface area contributed by atoms with E-state index >= 15 is 0 Å². The highest BCUT2D eigenvalue weighted by Gasteiger charge is 2.41. The molecule has 0 aromatic heterocycles. The summed E-state index contributed by atoms with van der Waals surface area (Å²) in [6, 6.07) is 46.1. The molecule has 0 N–H and O–H groups in total. The molecule has 174 valence electrons. The molecular weight excluding hydrogens is 448 g/mol. The van der Waals surface area contributed by atoms with E-state index in [9.17, 15) is 0 Å². The van der Waals surface area contributed by atoms with Crippen molar-refractivity contribution in [1.29, 1.82) is 0 Å². The van der Waals surface area contributed by atoms with Crippen molar-refractivity contribution in [2.75, 3.05) is 0 Å². The van der Waals surface area contributed by atoms with Gasteiger partial charge in [-0.05, 0) is 81.1 Å². The van der Waals surface area contributed by atoms with Crippen molar-refractivity contribution in [2.45, 2.75) is 12.3 Å². The third kappa shape index (κ3) is 2.74. The molecule has 1 atom stereocenters. The molecule has 1 aliphatic carbocycles. The van der Waals surface area contributed by atoms with Gasteiger partial charge in [0.05, 0.1) is 0 Å². The highest BCUT2D eigenvalue weighted by molar-refractivity contribution is 6.07. The summed E-state index contributed by atoms with van der Waals surface area (Å²) in [5, 5.41) is 2.39. The van der Waals surface area contributed by atoms with E-state index < -0.39 is 0 Å². The molecule has 0 saturated carbocycles. The zero-order valence-electron chi connectivity index (χ0n) is 20.5. The molecule has 6 aromatic carbocycles. The molecule has 0 saturated heterocycles. The van der Waals surface area contributed by atoms with E-state index in [-0.39, 0.29) is 5.41 Å². The molecule has 0 amide bonds. The van der Waals surface area contributed by atoms with Crippen molar-refractivity contribution in [1.82, 2.24) is 0 Å².